The van der Waals surface area contributed by atoms with Crippen LogP contribution in [0.25, 0.3) is 0 Å². The van der Waals surface area contributed by atoms with Crippen LogP contribution in [0.4, 0.5) is 0 Å². The molecule has 1 nitrogen and oxygen atoms in total. The summed E-state index contributed by atoms with van der Waals surface area (Å²) in [7, 11) is 0. The number of hydrogen-bond donors (Lipinski definition) is 1. The first-order valence-corrected chi connectivity index (χ1v) is 5.54. The van der Waals surface area contributed by atoms with Crippen LogP contribution in [0.2, 0.25) is 10.0 Å². The third kappa shape index (κ3) is 2.22. The molecule has 0 spiro atoms. The summed E-state index contributed by atoms with van der Waals surface area (Å²) in [5.74, 6) is 1.47. The lowest BCUT2D eigenvalue weighted by atomic mass is 9.90. The number of hydrogen-bond acceptors (Lipinski definition) is 1. The van der Waals surface area contributed by atoms with Gasteiger partial charge in [-0.3, -0.25) is 0 Å². The second-order valence-corrected chi connectivity index (χ2v) is 4.30. The Morgan fingerprint density at radius 1 is 1.00 bits per heavy atom. The SMILES string of the molecule is Clc1ccc([C]2CCNCC2)cc1Cl. The van der Waals surface area contributed by atoms with Crippen LogP contribution >= 0.6 is 23.2 Å². The van der Waals surface area contributed by atoms with Gasteiger partial charge in [-0.15, -0.1) is 0 Å². The third-order valence-electron chi connectivity index (χ3n) is 2.53. The van der Waals surface area contributed by atoms with Crippen molar-refractivity contribution in [1.82, 2.24) is 5.32 Å². The molecule has 3 heteroatoms. The monoisotopic (exact) mass is 228 g/mol. The second kappa shape index (κ2) is 4.52. The summed E-state index contributed by atoms with van der Waals surface area (Å²) in [6.07, 6.45) is 2.22. The maximum Gasteiger partial charge on any atom is 0.0595 e. The average Bonchev–Trinajstić information content (AvgIpc) is 2.23. The maximum absolute atomic E-state index is 5.97. The van der Waals surface area contributed by atoms with E-state index in [9.17, 15) is 0 Å². The van der Waals surface area contributed by atoms with Crippen molar-refractivity contribution in [3.8, 4) is 0 Å². The maximum atomic E-state index is 5.97. The summed E-state index contributed by atoms with van der Waals surface area (Å²) in [6.45, 7) is 2.13. The fourth-order valence-electron chi connectivity index (χ4n) is 1.73. The topological polar surface area (TPSA) is 12.0 Å². The van der Waals surface area contributed by atoms with Crippen molar-refractivity contribution in [3.63, 3.8) is 0 Å². The Morgan fingerprint density at radius 3 is 2.36 bits per heavy atom. The molecule has 1 fully saturated rings. The first-order valence-electron chi connectivity index (χ1n) is 4.78. The normalized spacial score (nSPS) is 18.4. The van der Waals surface area contributed by atoms with Gasteiger partial charge in [-0.1, -0.05) is 29.3 Å². The standard InChI is InChI=1S/C11H12Cl2N/c12-10-2-1-9(7-11(10)13)8-3-5-14-6-4-8/h1-2,7,14H,3-6H2. The molecule has 75 valence electrons. The minimum absolute atomic E-state index is 0.630. The van der Waals surface area contributed by atoms with E-state index >= 15 is 0 Å². The minimum Gasteiger partial charge on any atom is -0.317 e. The second-order valence-electron chi connectivity index (χ2n) is 3.48. The molecule has 1 aromatic rings. The van der Waals surface area contributed by atoms with E-state index < -0.39 is 0 Å². The molecule has 1 aliphatic rings. The van der Waals surface area contributed by atoms with Crippen LogP contribution in [0, 0.1) is 5.92 Å². The van der Waals surface area contributed by atoms with Gasteiger partial charge in [0.2, 0.25) is 0 Å². The van der Waals surface area contributed by atoms with Gasteiger partial charge in [0.15, 0.2) is 0 Å². The van der Waals surface area contributed by atoms with Crippen molar-refractivity contribution in [2.24, 2.45) is 0 Å². The molecule has 1 aliphatic heterocycles. The van der Waals surface area contributed by atoms with E-state index in [-0.39, 0.29) is 0 Å². The van der Waals surface area contributed by atoms with E-state index in [2.05, 4.69) is 11.4 Å². The molecular formula is C11H12Cl2N. The predicted octanol–water partition coefficient (Wildman–Crippen LogP) is 3.30. The lowest BCUT2D eigenvalue weighted by Crippen LogP contribution is -2.27. The van der Waals surface area contributed by atoms with Crippen molar-refractivity contribution < 1.29 is 0 Å². The van der Waals surface area contributed by atoms with Gasteiger partial charge >= 0.3 is 0 Å². The molecule has 0 atom stereocenters. The Kier molecular flexibility index (Phi) is 3.32. The van der Waals surface area contributed by atoms with Gasteiger partial charge in [0, 0.05) is 5.92 Å². The quantitative estimate of drug-likeness (QED) is 0.779. The third-order valence-corrected chi connectivity index (χ3v) is 3.27. The highest BCUT2D eigenvalue weighted by Gasteiger charge is 2.16. The predicted molar refractivity (Wildman–Crippen MR) is 60.9 cm³/mol. The largest absolute Gasteiger partial charge is 0.317 e. The molecule has 2 rings (SSSR count). The summed E-state index contributed by atoms with van der Waals surface area (Å²) >= 11 is 11.8. The van der Waals surface area contributed by atoms with Crippen molar-refractivity contribution >= 4 is 23.2 Å². The average molecular weight is 229 g/mol. The molecular weight excluding hydrogens is 217 g/mol. The summed E-state index contributed by atoms with van der Waals surface area (Å²) in [5, 5.41) is 4.61. The van der Waals surface area contributed by atoms with Crippen LogP contribution < -0.4 is 5.32 Å². The van der Waals surface area contributed by atoms with Crippen LogP contribution in [0.5, 0.6) is 0 Å². The van der Waals surface area contributed by atoms with Gasteiger partial charge in [-0.25, -0.2) is 0 Å². The van der Waals surface area contributed by atoms with Gasteiger partial charge in [0.25, 0.3) is 0 Å². The molecule has 0 amide bonds. The number of halogens is 2. The van der Waals surface area contributed by atoms with E-state index in [1.54, 1.807) is 0 Å². The van der Waals surface area contributed by atoms with Crippen molar-refractivity contribution in [2.75, 3.05) is 13.1 Å². The molecule has 0 saturated carbocycles. The molecule has 0 aromatic heterocycles. The molecule has 1 N–H and O–H groups in total. The Hall–Kier alpha value is -0.240. The van der Waals surface area contributed by atoms with E-state index in [0.29, 0.717) is 10.0 Å². The van der Waals surface area contributed by atoms with Crippen molar-refractivity contribution in [3.05, 3.63) is 39.7 Å². The molecule has 1 radical (unpaired) electrons. The molecule has 14 heavy (non-hydrogen) atoms. The lowest BCUT2D eigenvalue weighted by molar-refractivity contribution is 0.565. The highest BCUT2D eigenvalue weighted by molar-refractivity contribution is 6.42. The zero-order chi connectivity index (χ0) is 9.97. The smallest absolute Gasteiger partial charge is 0.0595 e. The molecule has 1 heterocycles. The van der Waals surface area contributed by atoms with Gasteiger partial charge in [-0.2, -0.15) is 0 Å². The Bertz CT molecular complexity index is 319. The summed E-state index contributed by atoms with van der Waals surface area (Å²) < 4.78 is 0. The van der Waals surface area contributed by atoms with Crippen LogP contribution in [0.15, 0.2) is 18.2 Å². The van der Waals surface area contributed by atoms with E-state index in [4.69, 9.17) is 23.2 Å². The van der Waals surface area contributed by atoms with Gasteiger partial charge in [0.05, 0.1) is 10.0 Å². The highest BCUT2D eigenvalue weighted by Crippen LogP contribution is 2.29. The zero-order valence-electron chi connectivity index (χ0n) is 7.82. The molecule has 1 saturated heterocycles. The Labute approximate surface area is 94.4 Å². The van der Waals surface area contributed by atoms with E-state index in [1.165, 1.54) is 11.5 Å². The molecule has 0 aliphatic carbocycles. The van der Waals surface area contributed by atoms with Gasteiger partial charge in [0.1, 0.15) is 0 Å². The summed E-state index contributed by atoms with van der Waals surface area (Å²) in [5.41, 5.74) is 1.24. The van der Waals surface area contributed by atoms with E-state index in [1.807, 2.05) is 12.1 Å². The number of piperidine rings is 1. The van der Waals surface area contributed by atoms with Crippen LogP contribution in [0.1, 0.15) is 18.4 Å². The van der Waals surface area contributed by atoms with Crippen molar-refractivity contribution in [1.29, 1.82) is 0 Å². The molecule has 1 aromatic carbocycles. The molecule has 0 bridgehead atoms. The van der Waals surface area contributed by atoms with Gasteiger partial charge in [-0.05, 0) is 43.6 Å². The van der Waals surface area contributed by atoms with Gasteiger partial charge < -0.3 is 5.32 Å². The number of nitrogens with one attached hydrogen (secondary N) is 1. The minimum atomic E-state index is 0.630. The fourth-order valence-corrected chi connectivity index (χ4v) is 2.03. The van der Waals surface area contributed by atoms with Crippen LogP contribution in [0.3, 0.4) is 0 Å². The summed E-state index contributed by atoms with van der Waals surface area (Å²) in [4.78, 5) is 0. The number of benzene rings is 1. The van der Waals surface area contributed by atoms with Crippen molar-refractivity contribution in [2.45, 2.75) is 12.8 Å². The highest BCUT2D eigenvalue weighted by atomic mass is 35.5. The first-order chi connectivity index (χ1) is 6.77. The first kappa shape index (κ1) is 10.3. The van der Waals surface area contributed by atoms with E-state index in [0.717, 1.165) is 25.9 Å². The Balaban J connectivity index is 2.18. The summed E-state index contributed by atoms with van der Waals surface area (Å²) in [6, 6.07) is 5.88. The lowest BCUT2D eigenvalue weighted by Gasteiger charge is -2.22. The Morgan fingerprint density at radius 2 is 1.71 bits per heavy atom. The number of rotatable bonds is 1. The zero-order valence-corrected chi connectivity index (χ0v) is 9.33. The fraction of sp³-hybridized carbons (Fsp3) is 0.364. The van der Waals surface area contributed by atoms with Crippen LogP contribution in [-0.2, 0) is 0 Å². The van der Waals surface area contributed by atoms with Crippen LogP contribution in [-0.4, -0.2) is 13.1 Å². The molecule has 0 unspecified atom stereocenters.